The largest absolute Gasteiger partial charge is 0.487 e. The molecule has 0 saturated carbocycles. The van der Waals surface area contributed by atoms with Crippen molar-refractivity contribution in [3.63, 3.8) is 0 Å². The summed E-state index contributed by atoms with van der Waals surface area (Å²) in [5.41, 5.74) is 1.62. The third-order valence-electron chi connectivity index (χ3n) is 4.75. The first-order chi connectivity index (χ1) is 13.2. The normalized spacial score (nSPS) is 22.8. The lowest BCUT2D eigenvalue weighted by Gasteiger charge is -2.36. The number of aliphatic hydroxyl groups is 1. The van der Waals surface area contributed by atoms with E-state index in [9.17, 15) is 13.5 Å². The van der Waals surface area contributed by atoms with Crippen molar-refractivity contribution < 1.29 is 18.3 Å². The lowest BCUT2D eigenvalue weighted by atomic mass is 9.80. The van der Waals surface area contributed by atoms with Gasteiger partial charge in [-0.3, -0.25) is 0 Å². The van der Waals surface area contributed by atoms with E-state index in [0.29, 0.717) is 5.56 Å². The molecule has 1 aliphatic rings. The number of primary sulfonamides is 1. The quantitative estimate of drug-likeness (QED) is 0.639. The molecule has 0 heterocycles. The highest BCUT2D eigenvalue weighted by molar-refractivity contribution is 9.10. The average Bonchev–Trinajstić information content (AvgIpc) is 2.67. The number of aliphatic hydroxyl groups excluding tert-OH is 1. The Kier molecular flexibility index (Phi) is 6.09. The Labute approximate surface area is 173 Å². The molecule has 3 unspecified atom stereocenters. The number of hydrogen-bond donors (Lipinski definition) is 2. The molecule has 3 N–H and O–H groups in total. The number of hydrogen-bond acceptors (Lipinski definition) is 4. The van der Waals surface area contributed by atoms with Crippen LogP contribution in [-0.2, 0) is 16.6 Å². The Hall–Kier alpha value is -1.93. The molecule has 0 spiro atoms. The Bertz CT molecular complexity index is 1000. The standard InChI is InChI=1S/C21H22BrNO4S/c1-15(24)21(22)12-6-5-9-18(21)17-10-11-19(20(13-17)28(23,25)26)27-14-16-7-3-2-4-8-16/h2-13,15,18,24H,14H2,1H3,(H2,23,25,26). The van der Waals surface area contributed by atoms with Gasteiger partial charge in [0.1, 0.15) is 17.3 Å². The number of alkyl halides is 1. The molecule has 0 saturated heterocycles. The molecule has 0 radical (unpaired) electrons. The number of halogens is 1. The third-order valence-corrected chi connectivity index (χ3v) is 7.11. The molecule has 0 aliphatic heterocycles. The smallest absolute Gasteiger partial charge is 0.241 e. The van der Waals surface area contributed by atoms with Crippen LogP contribution in [0.4, 0.5) is 0 Å². The van der Waals surface area contributed by atoms with Gasteiger partial charge in [-0.15, -0.1) is 0 Å². The van der Waals surface area contributed by atoms with Crippen LogP contribution >= 0.6 is 15.9 Å². The monoisotopic (exact) mass is 463 g/mol. The first-order valence-corrected chi connectivity index (χ1v) is 11.1. The molecule has 0 aromatic heterocycles. The molecule has 1 aliphatic carbocycles. The van der Waals surface area contributed by atoms with E-state index in [1.807, 2.05) is 54.6 Å². The lowest BCUT2D eigenvalue weighted by Crippen LogP contribution is -2.38. The first-order valence-electron chi connectivity index (χ1n) is 8.78. The maximum Gasteiger partial charge on any atom is 0.241 e. The Morgan fingerprint density at radius 3 is 2.57 bits per heavy atom. The van der Waals surface area contributed by atoms with Crippen LogP contribution in [-0.4, -0.2) is 24.0 Å². The van der Waals surface area contributed by atoms with E-state index in [0.717, 1.165) is 5.56 Å². The zero-order valence-corrected chi connectivity index (χ0v) is 17.7. The van der Waals surface area contributed by atoms with Gasteiger partial charge in [-0.1, -0.05) is 76.6 Å². The van der Waals surface area contributed by atoms with Gasteiger partial charge in [-0.25, -0.2) is 13.6 Å². The summed E-state index contributed by atoms with van der Waals surface area (Å²) in [6.07, 6.45) is 6.77. The van der Waals surface area contributed by atoms with Gasteiger partial charge in [0.15, 0.2) is 0 Å². The van der Waals surface area contributed by atoms with Crippen LogP contribution in [0.5, 0.6) is 5.75 Å². The third kappa shape index (κ3) is 4.38. The molecule has 0 fully saturated rings. The molecular formula is C21H22BrNO4S. The molecule has 28 heavy (non-hydrogen) atoms. The maximum atomic E-state index is 12.2. The molecule has 0 bridgehead atoms. The predicted molar refractivity (Wildman–Crippen MR) is 113 cm³/mol. The van der Waals surface area contributed by atoms with Gasteiger partial charge in [-0.2, -0.15) is 0 Å². The van der Waals surface area contributed by atoms with E-state index in [4.69, 9.17) is 9.88 Å². The summed E-state index contributed by atoms with van der Waals surface area (Å²) < 4.78 is 29.4. The highest BCUT2D eigenvalue weighted by Gasteiger charge is 2.39. The van der Waals surface area contributed by atoms with Gasteiger partial charge in [0.25, 0.3) is 0 Å². The van der Waals surface area contributed by atoms with Crippen LogP contribution in [0.25, 0.3) is 0 Å². The van der Waals surface area contributed by atoms with E-state index in [2.05, 4.69) is 15.9 Å². The first kappa shape index (κ1) is 20.8. The number of ether oxygens (including phenoxy) is 1. The van der Waals surface area contributed by atoms with Gasteiger partial charge in [0.2, 0.25) is 10.0 Å². The summed E-state index contributed by atoms with van der Waals surface area (Å²) in [4.78, 5) is -0.0793. The maximum absolute atomic E-state index is 12.2. The molecule has 5 nitrogen and oxygen atoms in total. The second-order valence-electron chi connectivity index (χ2n) is 6.75. The van der Waals surface area contributed by atoms with Gasteiger partial charge in [0, 0.05) is 5.92 Å². The van der Waals surface area contributed by atoms with Crippen molar-refractivity contribution >= 4 is 26.0 Å². The van der Waals surface area contributed by atoms with E-state index in [1.165, 1.54) is 6.07 Å². The van der Waals surface area contributed by atoms with Crippen molar-refractivity contribution in [2.45, 2.75) is 34.8 Å². The Morgan fingerprint density at radius 1 is 1.21 bits per heavy atom. The molecule has 3 atom stereocenters. The van der Waals surface area contributed by atoms with Crippen molar-refractivity contribution in [2.24, 2.45) is 5.14 Å². The van der Waals surface area contributed by atoms with Crippen molar-refractivity contribution in [3.05, 3.63) is 84.0 Å². The number of benzene rings is 2. The zero-order valence-electron chi connectivity index (χ0n) is 15.3. The Balaban J connectivity index is 1.97. The number of nitrogens with two attached hydrogens (primary N) is 1. The number of rotatable bonds is 6. The molecule has 3 rings (SSSR count). The van der Waals surface area contributed by atoms with Crippen molar-refractivity contribution in [2.75, 3.05) is 0 Å². The second kappa shape index (κ2) is 8.21. The molecular weight excluding hydrogens is 442 g/mol. The van der Waals surface area contributed by atoms with Crippen LogP contribution in [0.1, 0.15) is 24.0 Å². The highest BCUT2D eigenvalue weighted by atomic mass is 79.9. The molecule has 148 valence electrons. The van der Waals surface area contributed by atoms with Gasteiger partial charge < -0.3 is 9.84 Å². The topological polar surface area (TPSA) is 89.6 Å². The number of allylic oxidation sites excluding steroid dienone is 3. The summed E-state index contributed by atoms with van der Waals surface area (Å²) in [6.45, 7) is 1.91. The van der Waals surface area contributed by atoms with Gasteiger partial charge >= 0.3 is 0 Å². The van der Waals surface area contributed by atoms with E-state index >= 15 is 0 Å². The fourth-order valence-electron chi connectivity index (χ4n) is 3.19. The van der Waals surface area contributed by atoms with Crippen molar-refractivity contribution in [3.8, 4) is 5.75 Å². The van der Waals surface area contributed by atoms with Crippen molar-refractivity contribution in [1.82, 2.24) is 0 Å². The van der Waals surface area contributed by atoms with Crippen LogP contribution in [0.15, 0.2) is 77.7 Å². The fraction of sp³-hybridized carbons (Fsp3) is 0.238. The molecule has 2 aromatic rings. The van der Waals surface area contributed by atoms with Gasteiger partial charge in [-0.05, 0) is 30.2 Å². The molecule has 2 aromatic carbocycles. The second-order valence-corrected chi connectivity index (χ2v) is 9.65. The zero-order chi connectivity index (χ0) is 20.4. The SMILES string of the molecule is CC(O)C1(Br)C=CC=CC1c1ccc(OCc2ccccc2)c(S(N)(=O)=O)c1. The molecule has 7 heteroatoms. The molecule has 0 amide bonds. The minimum Gasteiger partial charge on any atom is -0.487 e. The van der Waals surface area contributed by atoms with Crippen LogP contribution in [0, 0.1) is 0 Å². The van der Waals surface area contributed by atoms with E-state index < -0.39 is 20.5 Å². The minimum atomic E-state index is -4.00. The highest BCUT2D eigenvalue weighted by Crippen LogP contribution is 2.44. The van der Waals surface area contributed by atoms with Crippen LogP contribution < -0.4 is 9.88 Å². The number of sulfonamides is 1. The van der Waals surface area contributed by atoms with E-state index in [-0.39, 0.29) is 23.2 Å². The summed E-state index contributed by atoms with van der Waals surface area (Å²) in [7, 11) is -4.00. The van der Waals surface area contributed by atoms with E-state index in [1.54, 1.807) is 19.1 Å². The predicted octanol–water partition coefficient (Wildman–Crippen LogP) is 3.64. The average molecular weight is 464 g/mol. The summed E-state index contributed by atoms with van der Waals surface area (Å²) in [6, 6.07) is 14.4. The Morgan fingerprint density at radius 2 is 1.93 bits per heavy atom. The van der Waals surface area contributed by atoms with Crippen LogP contribution in [0.3, 0.4) is 0 Å². The summed E-state index contributed by atoms with van der Waals surface area (Å²) in [5.74, 6) is -0.0798. The van der Waals surface area contributed by atoms with Crippen molar-refractivity contribution in [1.29, 1.82) is 0 Å². The van der Waals surface area contributed by atoms with Gasteiger partial charge in [0.05, 0.1) is 10.4 Å². The summed E-state index contributed by atoms with van der Waals surface area (Å²) >= 11 is 3.62. The van der Waals surface area contributed by atoms with Crippen LogP contribution in [0.2, 0.25) is 0 Å². The fourth-order valence-corrected chi connectivity index (χ4v) is 4.47. The summed E-state index contributed by atoms with van der Waals surface area (Å²) in [5, 5.41) is 15.7. The minimum absolute atomic E-state index is 0.0793. The lowest BCUT2D eigenvalue weighted by molar-refractivity contribution is 0.161.